The zero-order valence-electron chi connectivity index (χ0n) is 9.64. The van der Waals surface area contributed by atoms with E-state index in [1.54, 1.807) is 16.7 Å². The Morgan fingerprint density at radius 3 is 2.88 bits per heavy atom. The first kappa shape index (κ1) is 12.1. The van der Waals surface area contributed by atoms with Crippen molar-refractivity contribution < 1.29 is 9.90 Å². The van der Waals surface area contributed by atoms with E-state index in [0.29, 0.717) is 23.7 Å². The summed E-state index contributed by atoms with van der Waals surface area (Å²) >= 11 is 3.35. The van der Waals surface area contributed by atoms with E-state index in [-0.39, 0.29) is 5.69 Å². The van der Waals surface area contributed by atoms with Crippen molar-refractivity contribution in [1.29, 1.82) is 0 Å². The summed E-state index contributed by atoms with van der Waals surface area (Å²) < 4.78 is 2.51. The summed E-state index contributed by atoms with van der Waals surface area (Å²) in [5.74, 6) is -0.558. The molecule has 0 aliphatic heterocycles. The van der Waals surface area contributed by atoms with Crippen LogP contribution < -0.4 is 0 Å². The number of halogens is 1. The van der Waals surface area contributed by atoms with Gasteiger partial charge in [-0.1, -0.05) is 29.8 Å². The molecule has 0 aromatic carbocycles. The third-order valence-corrected chi connectivity index (χ3v) is 2.96. The lowest BCUT2D eigenvalue weighted by molar-refractivity contribution is 0.0688. The van der Waals surface area contributed by atoms with Crippen molar-refractivity contribution >= 4 is 27.5 Å². The maximum absolute atomic E-state index is 11.3. The first-order valence-corrected chi connectivity index (χ1v) is 6.18. The Bertz CT molecular complexity index is 575. The largest absolute Gasteiger partial charge is 0.477 e. The molecule has 0 amide bonds. The second-order valence-corrected chi connectivity index (χ2v) is 5.30. The Morgan fingerprint density at radius 1 is 1.59 bits per heavy atom. The summed E-state index contributed by atoms with van der Waals surface area (Å²) in [5.41, 5.74) is 1.57. The molecule has 1 N–H and O–H groups in total. The van der Waals surface area contributed by atoms with Gasteiger partial charge in [0.25, 0.3) is 0 Å². The molecule has 0 aliphatic rings. The van der Waals surface area contributed by atoms with Crippen molar-refractivity contribution in [2.75, 3.05) is 0 Å². The van der Waals surface area contributed by atoms with Crippen LogP contribution in [0, 0.1) is 5.92 Å². The highest BCUT2D eigenvalue weighted by Crippen LogP contribution is 2.19. The number of fused-ring (bicyclic) bond motifs is 1. The average molecular weight is 297 g/mol. The van der Waals surface area contributed by atoms with Gasteiger partial charge in [0.05, 0.1) is 5.69 Å². The van der Waals surface area contributed by atoms with Gasteiger partial charge in [0.2, 0.25) is 0 Å². The highest BCUT2D eigenvalue weighted by molar-refractivity contribution is 9.10. The number of carbonyl (C=O) groups is 1. The van der Waals surface area contributed by atoms with Crippen LogP contribution in [-0.4, -0.2) is 20.5 Å². The number of hydrogen-bond donors (Lipinski definition) is 1. The quantitative estimate of drug-likeness (QED) is 0.947. The van der Waals surface area contributed by atoms with Gasteiger partial charge in [0, 0.05) is 10.7 Å². The van der Waals surface area contributed by atoms with Crippen molar-refractivity contribution in [2.24, 2.45) is 5.92 Å². The van der Waals surface area contributed by atoms with Gasteiger partial charge in [-0.05, 0) is 24.5 Å². The molecule has 0 atom stereocenters. The van der Waals surface area contributed by atoms with E-state index in [2.05, 4.69) is 20.9 Å². The van der Waals surface area contributed by atoms with Gasteiger partial charge < -0.3 is 5.11 Å². The fraction of sp³-hybridized carbons (Fsp3) is 0.333. The van der Waals surface area contributed by atoms with Crippen molar-refractivity contribution in [2.45, 2.75) is 20.3 Å². The van der Waals surface area contributed by atoms with E-state index < -0.39 is 5.97 Å². The minimum atomic E-state index is -0.935. The second-order valence-electron chi connectivity index (χ2n) is 4.38. The molecular formula is C12H13BrN2O2. The summed E-state index contributed by atoms with van der Waals surface area (Å²) in [5, 5.41) is 9.26. The number of nitrogens with zero attached hydrogens (tertiary/aromatic N) is 2. The van der Waals surface area contributed by atoms with E-state index in [0.717, 1.165) is 4.47 Å². The Hall–Kier alpha value is -1.36. The Kier molecular flexibility index (Phi) is 3.19. The van der Waals surface area contributed by atoms with Crippen LogP contribution in [-0.2, 0) is 6.42 Å². The van der Waals surface area contributed by atoms with Crippen molar-refractivity contribution in [3.05, 3.63) is 34.2 Å². The molecule has 2 rings (SSSR count). The molecule has 0 radical (unpaired) electrons. The van der Waals surface area contributed by atoms with Crippen LogP contribution in [0.15, 0.2) is 22.8 Å². The van der Waals surface area contributed by atoms with Crippen LogP contribution in [0.25, 0.3) is 5.65 Å². The molecule has 90 valence electrons. The van der Waals surface area contributed by atoms with Gasteiger partial charge in [-0.3, -0.25) is 4.40 Å². The molecule has 4 nitrogen and oxygen atoms in total. The lowest BCUT2D eigenvalue weighted by Crippen LogP contribution is -2.07. The number of carboxylic acid groups (broad SMARTS) is 1. The molecule has 17 heavy (non-hydrogen) atoms. The van der Waals surface area contributed by atoms with Gasteiger partial charge in [0.1, 0.15) is 5.65 Å². The number of aromatic carboxylic acids is 1. The van der Waals surface area contributed by atoms with Crippen LogP contribution in [0.4, 0.5) is 0 Å². The second kappa shape index (κ2) is 4.49. The fourth-order valence-corrected chi connectivity index (χ4v) is 2.15. The van der Waals surface area contributed by atoms with Crippen LogP contribution in [0.3, 0.4) is 0 Å². The zero-order chi connectivity index (χ0) is 12.6. The monoisotopic (exact) mass is 296 g/mol. The number of aromatic nitrogens is 2. The molecule has 0 spiro atoms. The lowest BCUT2D eigenvalue weighted by Gasteiger charge is -2.02. The van der Waals surface area contributed by atoms with E-state index in [1.807, 2.05) is 19.9 Å². The molecule has 0 saturated heterocycles. The fourth-order valence-electron chi connectivity index (χ4n) is 1.82. The number of hydrogen-bond acceptors (Lipinski definition) is 2. The lowest BCUT2D eigenvalue weighted by atomic mass is 10.1. The summed E-state index contributed by atoms with van der Waals surface area (Å²) in [4.78, 5) is 15.7. The third kappa shape index (κ3) is 2.34. The summed E-state index contributed by atoms with van der Waals surface area (Å²) in [6, 6.07) is 3.62. The minimum Gasteiger partial charge on any atom is -0.477 e. The summed E-state index contributed by atoms with van der Waals surface area (Å²) in [6.07, 6.45) is 2.39. The molecule has 2 heterocycles. The van der Waals surface area contributed by atoms with Crippen LogP contribution in [0.2, 0.25) is 0 Å². The predicted octanol–water partition coefficient (Wildman–Crippen LogP) is 2.99. The summed E-state index contributed by atoms with van der Waals surface area (Å²) in [7, 11) is 0. The number of pyridine rings is 1. The van der Waals surface area contributed by atoms with Gasteiger partial charge in [-0.15, -0.1) is 0 Å². The van der Waals surface area contributed by atoms with Gasteiger partial charge >= 0.3 is 5.97 Å². The molecule has 2 aromatic rings. The van der Waals surface area contributed by atoms with E-state index >= 15 is 0 Å². The van der Waals surface area contributed by atoms with Crippen LogP contribution in [0.5, 0.6) is 0 Å². The van der Waals surface area contributed by atoms with Gasteiger partial charge in [-0.25, -0.2) is 9.78 Å². The van der Waals surface area contributed by atoms with Crippen molar-refractivity contribution in [1.82, 2.24) is 9.38 Å². The standard InChI is InChI=1S/C12H13BrN2O2/c1-7(2)5-9-11(12(16)17)15-4-3-8(13)6-10(15)14-9/h3-4,6-7H,5H2,1-2H3,(H,16,17). The minimum absolute atomic E-state index is 0.265. The predicted molar refractivity (Wildman–Crippen MR) is 68.4 cm³/mol. The molecule has 0 unspecified atom stereocenters. The molecular weight excluding hydrogens is 284 g/mol. The van der Waals surface area contributed by atoms with Crippen molar-refractivity contribution in [3.63, 3.8) is 0 Å². The highest BCUT2D eigenvalue weighted by Gasteiger charge is 2.19. The van der Waals surface area contributed by atoms with E-state index in [9.17, 15) is 9.90 Å². The Balaban J connectivity index is 2.66. The number of rotatable bonds is 3. The topological polar surface area (TPSA) is 54.6 Å². The number of carboxylic acids is 1. The van der Waals surface area contributed by atoms with Crippen LogP contribution >= 0.6 is 15.9 Å². The molecule has 0 saturated carbocycles. The maximum atomic E-state index is 11.3. The normalized spacial score (nSPS) is 11.3. The molecule has 0 fully saturated rings. The molecule has 5 heteroatoms. The van der Waals surface area contributed by atoms with Crippen LogP contribution in [0.1, 0.15) is 30.0 Å². The zero-order valence-corrected chi connectivity index (χ0v) is 11.2. The Labute approximate surface area is 107 Å². The SMILES string of the molecule is CC(C)Cc1nc2cc(Br)ccn2c1C(=O)O. The Morgan fingerprint density at radius 2 is 2.29 bits per heavy atom. The van der Waals surface area contributed by atoms with Gasteiger partial charge in [0.15, 0.2) is 5.69 Å². The first-order valence-electron chi connectivity index (χ1n) is 5.39. The van der Waals surface area contributed by atoms with E-state index in [4.69, 9.17) is 0 Å². The van der Waals surface area contributed by atoms with Gasteiger partial charge in [-0.2, -0.15) is 0 Å². The maximum Gasteiger partial charge on any atom is 0.354 e. The molecule has 0 aliphatic carbocycles. The average Bonchev–Trinajstić information content (AvgIpc) is 2.53. The highest BCUT2D eigenvalue weighted by atomic mass is 79.9. The molecule has 2 aromatic heterocycles. The molecule has 0 bridgehead atoms. The smallest absolute Gasteiger partial charge is 0.354 e. The number of imidazole rings is 1. The summed E-state index contributed by atoms with van der Waals surface area (Å²) in [6.45, 7) is 4.09. The van der Waals surface area contributed by atoms with Crippen molar-refractivity contribution in [3.8, 4) is 0 Å². The first-order chi connectivity index (χ1) is 7.99. The third-order valence-electron chi connectivity index (χ3n) is 2.46. The van der Waals surface area contributed by atoms with E-state index in [1.165, 1.54) is 0 Å².